The van der Waals surface area contributed by atoms with E-state index in [9.17, 15) is 0 Å². The minimum absolute atomic E-state index is 0.267. The monoisotopic (exact) mass is 279 g/mol. The zero-order valence-corrected chi connectivity index (χ0v) is 13.6. The summed E-state index contributed by atoms with van der Waals surface area (Å²) in [6.45, 7) is 12.3. The summed E-state index contributed by atoms with van der Waals surface area (Å²) >= 11 is 0. The van der Waals surface area contributed by atoms with E-state index in [1.807, 2.05) is 11.7 Å². The van der Waals surface area contributed by atoms with Crippen molar-refractivity contribution in [3.8, 4) is 0 Å². The lowest BCUT2D eigenvalue weighted by molar-refractivity contribution is 0.0446. The summed E-state index contributed by atoms with van der Waals surface area (Å²) in [5, 5.41) is 7.90. The van der Waals surface area contributed by atoms with Gasteiger partial charge in [0.1, 0.15) is 12.2 Å². The molecule has 1 saturated heterocycles. The normalized spacial score (nSPS) is 25.1. The van der Waals surface area contributed by atoms with E-state index < -0.39 is 0 Å². The maximum Gasteiger partial charge on any atom is 0.140 e. The Labute approximate surface area is 122 Å². The molecule has 2 unspecified atom stereocenters. The second-order valence-corrected chi connectivity index (χ2v) is 7.00. The Morgan fingerprint density at radius 3 is 2.70 bits per heavy atom. The smallest absolute Gasteiger partial charge is 0.140 e. The predicted octanol–water partition coefficient (Wildman–Crippen LogP) is 1.80. The van der Waals surface area contributed by atoms with E-state index in [-0.39, 0.29) is 5.41 Å². The first kappa shape index (κ1) is 15.4. The average molecular weight is 279 g/mol. The van der Waals surface area contributed by atoms with Crippen LogP contribution in [0.2, 0.25) is 0 Å². The molecule has 1 fully saturated rings. The molecule has 0 bridgehead atoms. The highest BCUT2D eigenvalue weighted by Gasteiger charge is 2.35. The molecule has 0 aromatic carbocycles. The molecule has 2 rings (SSSR count). The molecule has 1 aliphatic rings. The van der Waals surface area contributed by atoms with Gasteiger partial charge in [0.15, 0.2) is 0 Å². The van der Waals surface area contributed by atoms with Crippen LogP contribution in [0.15, 0.2) is 6.33 Å². The molecule has 114 valence electrons. The number of nitrogens with one attached hydrogen (secondary N) is 1. The Hall–Kier alpha value is -0.940. The fourth-order valence-electron chi connectivity index (χ4n) is 3.10. The lowest BCUT2D eigenvalue weighted by atomic mass is 9.83. The average Bonchev–Trinajstić information content (AvgIpc) is 2.74. The van der Waals surface area contributed by atoms with Crippen molar-refractivity contribution >= 4 is 0 Å². The van der Waals surface area contributed by atoms with Gasteiger partial charge in [0.05, 0.1) is 6.54 Å². The van der Waals surface area contributed by atoms with Crippen molar-refractivity contribution in [1.29, 1.82) is 0 Å². The molecule has 2 atom stereocenters. The zero-order chi connectivity index (χ0) is 14.8. The molecular weight excluding hydrogens is 250 g/mol. The van der Waals surface area contributed by atoms with Crippen LogP contribution in [0.1, 0.15) is 46.4 Å². The third-order valence-electron chi connectivity index (χ3n) is 4.28. The molecule has 20 heavy (non-hydrogen) atoms. The number of hydrogen-bond acceptors (Lipinski definition) is 4. The number of aromatic nitrogens is 3. The molecule has 2 heterocycles. The second-order valence-electron chi connectivity index (χ2n) is 7.00. The van der Waals surface area contributed by atoms with Gasteiger partial charge in [-0.3, -0.25) is 9.58 Å². The van der Waals surface area contributed by atoms with Crippen molar-refractivity contribution in [2.45, 2.75) is 59.2 Å². The highest BCUT2D eigenvalue weighted by Crippen LogP contribution is 2.28. The van der Waals surface area contributed by atoms with Gasteiger partial charge in [0.2, 0.25) is 0 Å². The van der Waals surface area contributed by atoms with Crippen molar-refractivity contribution in [3.63, 3.8) is 0 Å². The van der Waals surface area contributed by atoms with Crippen molar-refractivity contribution in [2.24, 2.45) is 12.5 Å². The van der Waals surface area contributed by atoms with Crippen LogP contribution in [0.5, 0.6) is 0 Å². The number of piperazine rings is 1. The summed E-state index contributed by atoms with van der Waals surface area (Å²) < 4.78 is 1.89. The van der Waals surface area contributed by atoms with Crippen LogP contribution >= 0.6 is 0 Å². The molecule has 0 spiro atoms. The first-order valence-corrected chi connectivity index (χ1v) is 7.72. The first-order chi connectivity index (χ1) is 9.41. The maximum atomic E-state index is 4.39. The largest absolute Gasteiger partial charge is 0.311 e. The van der Waals surface area contributed by atoms with E-state index in [1.54, 1.807) is 6.33 Å². The van der Waals surface area contributed by atoms with Crippen LogP contribution in [0.4, 0.5) is 0 Å². The van der Waals surface area contributed by atoms with Crippen molar-refractivity contribution in [1.82, 2.24) is 25.0 Å². The topological polar surface area (TPSA) is 46.0 Å². The standard InChI is InChI=1S/C15H29N5/c1-6-7-12-9-20(10-14-17-11-18-19(14)5)13(8-16-12)15(2,3)4/h11-13,16H,6-10H2,1-5H3. The van der Waals surface area contributed by atoms with Gasteiger partial charge in [0, 0.05) is 32.2 Å². The minimum atomic E-state index is 0.267. The Balaban J connectivity index is 2.11. The van der Waals surface area contributed by atoms with Crippen LogP contribution in [-0.4, -0.2) is 44.8 Å². The van der Waals surface area contributed by atoms with Gasteiger partial charge in [0.25, 0.3) is 0 Å². The van der Waals surface area contributed by atoms with Gasteiger partial charge in [-0.15, -0.1) is 0 Å². The lowest BCUT2D eigenvalue weighted by Crippen LogP contribution is -2.60. The summed E-state index contributed by atoms with van der Waals surface area (Å²) in [6, 6.07) is 1.14. The molecule has 0 amide bonds. The molecule has 1 N–H and O–H groups in total. The quantitative estimate of drug-likeness (QED) is 0.913. The van der Waals surface area contributed by atoms with Crippen molar-refractivity contribution < 1.29 is 0 Å². The van der Waals surface area contributed by atoms with E-state index in [0.717, 1.165) is 25.5 Å². The van der Waals surface area contributed by atoms with Crippen LogP contribution in [0.3, 0.4) is 0 Å². The third kappa shape index (κ3) is 3.58. The SMILES string of the molecule is CCCC1CN(Cc2ncnn2C)C(C(C)(C)C)CN1. The van der Waals surface area contributed by atoms with Gasteiger partial charge in [-0.2, -0.15) is 5.10 Å². The molecule has 5 nitrogen and oxygen atoms in total. The summed E-state index contributed by atoms with van der Waals surface area (Å²) in [7, 11) is 1.97. The fraction of sp³-hybridized carbons (Fsp3) is 0.867. The molecule has 0 saturated carbocycles. The Morgan fingerprint density at radius 2 is 2.15 bits per heavy atom. The number of aryl methyl sites for hydroxylation is 1. The van der Waals surface area contributed by atoms with Crippen LogP contribution in [0.25, 0.3) is 0 Å². The maximum absolute atomic E-state index is 4.39. The molecule has 1 aromatic rings. The van der Waals surface area contributed by atoms with Crippen LogP contribution in [-0.2, 0) is 13.6 Å². The van der Waals surface area contributed by atoms with Crippen molar-refractivity contribution in [2.75, 3.05) is 13.1 Å². The number of rotatable bonds is 4. The van der Waals surface area contributed by atoms with Gasteiger partial charge >= 0.3 is 0 Å². The number of hydrogen-bond donors (Lipinski definition) is 1. The summed E-state index contributed by atoms with van der Waals surface area (Å²) in [5.41, 5.74) is 0.267. The minimum Gasteiger partial charge on any atom is -0.311 e. The third-order valence-corrected chi connectivity index (χ3v) is 4.28. The van der Waals surface area contributed by atoms with Crippen LogP contribution in [0, 0.1) is 5.41 Å². The van der Waals surface area contributed by atoms with Gasteiger partial charge in [-0.05, 0) is 11.8 Å². The lowest BCUT2D eigenvalue weighted by Gasteiger charge is -2.46. The van der Waals surface area contributed by atoms with E-state index in [2.05, 4.69) is 48.0 Å². The van der Waals surface area contributed by atoms with Gasteiger partial charge < -0.3 is 5.32 Å². The van der Waals surface area contributed by atoms with Crippen LogP contribution < -0.4 is 5.32 Å². The summed E-state index contributed by atoms with van der Waals surface area (Å²) in [5.74, 6) is 1.05. The second kappa shape index (κ2) is 6.22. The molecule has 0 aliphatic carbocycles. The Morgan fingerprint density at radius 1 is 1.40 bits per heavy atom. The number of nitrogens with zero attached hydrogens (tertiary/aromatic N) is 4. The molecule has 1 aromatic heterocycles. The first-order valence-electron chi connectivity index (χ1n) is 7.72. The Bertz CT molecular complexity index is 420. The Kier molecular flexibility index (Phi) is 4.81. The molecule has 5 heteroatoms. The molecular formula is C15H29N5. The van der Waals surface area contributed by atoms with E-state index in [0.29, 0.717) is 12.1 Å². The van der Waals surface area contributed by atoms with Gasteiger partial charge in [-0.25, -0.2) is 4.98 Å². The highest BCUT2D eigenvalue weighted by atomic mass is 15.3. The van der Waals surface area contributed by atoms with E-state index in [1.165, 1.54) is 12.8 Å². The summed E-state index contributed by atoms with van der Waals surface area (Å²) in [4.78, 5) is 6.97. The molecule has 0 radical (unpaired) electrons. The van der Waals surface area contributed by atoms with Gasteiger partial charge in [-0.1, -0.05) is 34.1 Å². The molecule has 1 aliphatic heterocycles. The fourth-order valence-corrected chi connectivity index (χ4v) is 3.10. The van der Waals surface area contributed by atoms with E-state index >= 15 is 0 Å². The highest BCUT2D eigenvalue weighted by molar-refractivity contribution is 4.95. The zero-order valence-electron chi connectivity index (χ0n) is 13.6. The summed E-state index contributed by atoms with van der Waals surface area (Å²) in [6.07, 6.45) is 4.12. The van der Waals surface area contributed by atoms with E-state index in [4.69, 9.17) is 0 Å². The van der Waals surface area contributed by atoms with Crippen molar-refractivity contribution in [3.05, 3.63) is 12.2 Å². The predicted molar refractivity (Wildman–Crippen MR) is 81.4 cm³/mol.